The monoisotopic (exact) mass is 569 g/mol. The van der Waals surface area contributed by atoms with Crippen molar-refractivity contribution >= 4 is 23.6 Å². The van der Waals surface area contributed by atoms with Crippen molar-refractivity contribution in [2.75, 3.05) is 20.6 Å². The predicted molar refractivity (Wildman–Crippen MR) is 163 cm³/mol. The van der Waals surface area contributed by atoms with Crippen molar-refractivity contribution in [1.82, 2.24) is 20.4 Å². The molecule has 9 heteroatoms. The summed E-state index contributed by atoms with van der Waals surface area (Å²) in [6.45, 7) is 15.9. The summed E-state index contributed by atoms with van der Waals surface area (Å²) >= 11 is 0. The van der Waals surface area contributed by atoms with Gasteiger partial charge in [-0.15, -0.1) is 0 Å². The number of nitrogens with two attached hydrogens (primary N) is 1. The van der Waals surface area contributed by atoms with E-state index in [1.54, 1.807) is 32.0 Å². The third-order valence-corrected chi connectivity index (χ3v) is 8.27. The summed E-state index contributed by atoms with van der Waals surface area (Å²) in [6.07, 6.45) is 3.07. The first-order valence-corrected chi connectivity index (χ1v) is 14.5. The molecule has 228 valence electrons. The molecule has 4 amide bonds. The highest BCUT2D eigenvalue weighted by atomic mass is 16.2. The summed E-state index contributed by atoms with van der Waals surface area (Å²) in [4.78, 5) is 56.0. The Balaban J connectivity index is 2.33. The molecule has 0 bridgehead atoms. The molecule has 1 aliphatic heterocycles. The van der Waals surface area contributed by atoms with Crippen LogP contribution >= 0.6 is 0 Å². The standard InChI is InChI=1S/C32H51N5O4/c1-20(2)24(19-21(3)29(40)37-18-14-17-23(37)27(33)38)36(10)30(41)26(31(4,5)6)35-28(39)25(34-9)32(7,8)22-15-12-11-13-16-22/h11-13,15-16,19-20,23-26,34H,14,17-18H2,1-10H3,(H2,33,38)(H,35,39)/t23-,24+,25+,26+/m0/s1. The first-order chi connectivity index (χ1) is 18.9. The van der Waals surface area contributed by atoms with Crippen molar-refractivity contribution in [3.8, 4) is 0 Å². The van der Waals surface area contributed by atoms with Crippen LogP contribution in [0.5, 0.6) is 0 Å². The van der Waals surface area contributed by atoms with Crippen LogP contribution in [-0.4, -0.2) is 78.2 Å². The molecular formula is C32H51N5O4. The van der Waals surface area contributed by atoms with Crippen LogP contribution in [0, 0.1) is 11.3 Å². The molecule has 0 radical (unpaired) electrons. The van der Waals surface area contributed by atoms with E-state index < -0.39 is 40.9 Å². The van der Waals surface area contributed by atoms with Gasteiger partial charge in [0.1, 0.15) is 12.1 Å². The second-order valence-electron chi connectivity index (χ2n) is 13.2. The largest absolute Gasteiger partial charge is 0.368 e. The number of nitrogens with one attached hydrogen (secondary N) is 2. The second kappa shape index (κ2) is 13.6. The molecule has 0 aliphatic carbocycles. The fraction of sp³-hybridized carbons (Fsp3) is 0.625. The number of benzene rings is 1. The lowest BCUT2D eigenvalue weighted by atomic mass is 9.76. The number of hydrogen-bond donors (Lipinski definition) is 3. The number of carbonyl (C=O) groups excluding carboxylic acids is 4. The first-order valence-electron chi connectivity index (χ1n) is 14.5. The fourth-order valence-electron chi connectivity index (χ4n) is 5.69. The zero-order valence-corrected chi connectivity index (χ0v) is 26.6. The number of amides is 4. The Hall–Kier alpha value is -3.20. The van der Waals surface area contributed by atoms with Gasteiger partial charge in [-0.2, -0.15) is 0 Å². The molecule has 4 N–H and O–H groups in total. The van der Waals surface area contributed by atoms with Crippen molar-refractivity contribution in [3.05, 3.63) is 47.5 Å². The Morgan fingerprint density at radius 2 is 1.63 bits per heavy atom. The summed E-state index contributed by atoms with van der Waals surface area (Å²) in [6, 6.07) is 7.40. The molecule has 1 heterocycles. The van der Waals surface area contributed by atoms with Gasteiger partial charge in [-0.3, -0.25) is 19.2 Å². The van der Waals surface area contributed by atoms with Crippen LogP contribution < -0.4 is 16.4 Å². The molecule has 0 saturated carbocycles. The van der Waals surface area contributed by atoms with Crippen molar-refractivity contribution in [1.29, 1.82) is 0 Å². The lowest BCUT2D eigenvalue weighted by Crippen LogP contribution is -2.61. The van der Waals surface area contributed by atoms with Gasteiger partial charge in [0.2, 0.25) is 23.6 Å². The molecule has 1 aromatic carbocycles. The Kier molecular flexibility index (Phi) is 11.3. The van der Waals surface area contributed by atoms with Gasteiger partial charge in [0, 0.05) is 24.6 Å². The molecule has 9 nitrogen and oxygen atoms in total. The Morgan fingerprint density at radius 3 is 2.12 bits per heavy atom. The second-order valence-corrected chi connectivity index (χ2v) is 13.2. The van der Waals surface area contributed by atoms with Gasteiger partial charge < -0.3 is 26.2 Å². The fourth-order valence-corrected chi connectivity index (χ4v) is 5.69. The highest BCUT2D eigenvalue weighted by Crippen LogP contribution is 2.29. The minimum atomic E-state index is -0.814. The highest BCUT2D eigenvalue weighted by Gasteiger charge is 2.42. The van der Waals surface area contributed by atoms with Gasteiger partial charge in [0.15, 0.2) is 0 Å². The molecule has 0 aromatic heterocycles. The summed E-state index contributed by atoms with van der Waals surface area (Å²) in [7, 11) is 3.45. The third kappa shape index (κ3) is 7.97. The topological polar surface area (TPSA) is 125 Å². The number of likely N-dealkylation sites (N-methyl/N-ethyl adjacent to an activating group) is 2. The molecule has 1 aromatic rings. The lowest BCUT2D eigenvalue weighted by molar-refractivity contribution is -0.141. The molecule has 0 unspecified atom stereocenters. The molecule has 1 saturated heterocycles. The van der Waals surface area contributed by atoms with Crippen molar-refractivity contribution in [2.24, 2.45) is 17.1 Å². The third-order valence-electron chi connectivity index (χ3n) is 8.27. The molecule has 41 heavy (non-hydrogen) atoms. The van der Waals surface area contributed by atoms with E-state index in [-0.39, 0.29) is 23.6 Å². The zero-order chi connectivity index (χ0) is 31.3. The number of primary amides is 1. The SMILES string of the molecule is CN[C@H](C(=O)N[C@H](C(=O)N(C)[C@H](C=C(C)C(=O)N1CCC[C@H]1C(N)=O)C(C)C)C(C)(C)C)C(C)(C)c1ccccc1. The van der Waals surface area contributed by atoms with Gasteiger partial charge >= 0.3 is 0 Å². The van der Waals surface area contributed by atoms with E-state index >= 15 is 0 Å². The first kappa shape index (κ1) is 34.0. The van der Waals surface area contributed by atoms with Crippen LogP contribution in [0.4, 0.5) is 0 Å². The minimum Gasteiger partial charge on any atom is -0.368 e. The molecule has 1 aliphatic rings. The van der Waals surface area contributed by atoms with Crippen LogP contribution in [0.3, 0.4) is 0 Å². The predicted octanol–water partition coefficient (Wildman–Crippen LogP) is 2.99. The molecule has 4 atom stereocenters. The van der Waals surface area contributed by atoms with E-state index in [4.69, 9.17) is 5.73 Å². The number of rotatable bonds is 11. The Bertz CT molecular complexity index is 1120. The summed E-state index contributed by atoms with van der Waals surface area (Å²) in [5, 5.41) is 6.22. The maximum Gasteiger partial charge on any atom is 0.249 e. The molecule has 1 fully saturated rings. The zero-order valence-electron chi connectivity index (χ0n) is 26.6. The van der Waals surface area contributed by atoms with Crippen LogP contribution in [0.2, 0.25) is 0 Å². The highest BCUT2D eigenvalue weighted by molar-refractivity contribution is 5.97. The maximum absolute atomic E-state index is 14.1. The van der Waals surface area contributed by atoms with E-state index in [0.717, 1.165) is 12.0 Å². The van der Waals surface area contributed by atoms with Gasteiger partial charge in [0.25, 0.3) is 0 Å². The molecule has 2 rings (SSSR count). The van der Waals surface area contributed by atoms with E-state index in [9.17, 15) is 19.2 Å². The van der Waals surface area contributed by atoms with E-state index in [1.807, 2.05) is 78.8 Å². The van der Waals surface area contributed by atoms with Crippen molar-refractivity contribution in [3.63, 3.8) is 0 Å². The van der Waals surface area contributed by atoms with E-state index in [1.165, 1.54) is 4.90 Å². The smallest absolute Gasteiger partial charge is 0.249 e. The lowest BCUT2D eigenvalue weighted by Gasteiger charge is -2.40. The Labute approximate surface area is 246 Å². The van der Waals surface area contributed by atoms with Gasteiger partial charge in [0.05, 0.1) is 12.1 Å². The molecular weight excluding hydrogens is 518 g/mol. The quantitative estimate of drug-likeness (QED) is 0.354. The number of likely N-dealkylation sites (tertiary alicyclic amines) is 1. The summed E-state index contributed by atoms with van der Waals surface area (Å²) in [5.41, 5.74) is 5.85. The van der Waals surface area contributed by atoms with Gasteiger partial charge in [-0.25, -0.2) is 0 Å². The molecule has 0 spiro atoms. The maximum atomic E-state index is 14.1. The summed E-state index contributed by atoms with van der Waals surface area (Å²) < 4.78 is 0. The average Bonchev–Trinajstić information content (AvgIpc) is 3.39. The number of hydrogen-bond acceptors (Lipinski definition) is 5. The Morgan fingerprint density at radius 1 is 1.05 bits per heavy atom. The minimum absolute atomic E-state index is 0.0180. The van der Waals surface area contributed by atoms with Crippen LogP contribution in [0.25, 0.3) is 0 Å². The summed E-state index contributed by atoms with van der Waals surface area (Å²) in [5.74, 6) is -1.29. The van der Waals surface area contributed by atoms with Crippen LogP contribution in [0.1, 0.15) is 73.8 Å². The van der Waals surface area contributed by atoms with Crippen LogP contribution in [0.15, 0.2) is 42.0 Å². The van der Waals surface area contributed by atoms with Crippen molar-refractivity contribution in [2.45, 2.75) is 97.8 Å². The van der Waals surface area contributed by atoms with E-state index in [2.05, 4.69) is 10.6 Å². The number of carbonyl (C=O) groups is 4. The van der Waals surface area contributed by atoms with Crippen LogP contribution in [-0.2, 0) is 24.6 Å². The van der Waals surface area contributed by atoms with Crippen molar-refractivity contribution < 1.29 is 19.2 Å². The average molecular weight is 570 g/mol. The normalized spacial score (nSPS) is 18.6. The van der Waals surface area contributed by atoms with Gasteiger partial charge in [-0.05, 0) is 43.7 Å². The number of nitrogens with zero attached hydrogens (tertiary/aromatic N) is 2. The van der Waals surface area contributed by atoms with E-state index in [0.29, 0.717) is 18.5 Å². The van der Waals surface area contributed by atoms with Gasteiger partial charge in [-0.1, -0.05) is 84.9 Å².